The molecule has 0 radical (unpaired) electrons. The first kappa shape index (κ1) is 15.3. The summed E-state index contributed by atoms with van der Waals surface area (Å²) in [6.45, 7) is 1.01. The van der Waals surface area contributed by atoms with Gasteiger partial charge in [-0.25, -0.2) is 8.42 Å². The van der Waals surface area contributed by atoms with Gasteiger partial charge in [0.05, 0.1) is 18.6 Å². The second kappa shape index (κ2) is 5.71. The number of sulfone groups is 1. The lowest BCUT2D eigenvalue weighted by Gasteiger charge is -2.36. The lowest BCUT2D eigenvalue weighted by atomic mass is 9.96. The monoisotopic (exact) mass is 298 g/mol. The Balaban J connectivity index is 2.16. The van der Waals surface area contributed by atoms with Gasteiger partial charge in [-0.05, 0) is 31.2 Å². The zero-order valence-electron chi connectivity index (χ0n) is 12.0. The van der Waals surface area contributed by atoms with Gasteiger partial charge in [0, 0.05) is 18.6 Å². The molecule has 2 N–H and O–H groups in total. The Morgan fingerprint density at radius 3 is 2.75 bits per heavy atom. The van der Waals surface area contributed by atoms with Crippen LogP contribution in [-0.4, -0.2) is 51.1 Å². The average Bonchev–Trinajstić information content (AvgIpc) is 2.76. The van der Waals surface area contributed by atoms with Crippen molar-refractivity contribution in [3.05, 3.63) is 29.8 Å². The number of benzene rings is 1. The summed E-state index contributed by atoms with van der Waals surface area (Å²) in [5, 5.41) is 0. The summed E-state index contributed by atoms with van der Waals surface area (Å²) in [5.74, 6) is 1.18. The highest BCUT2D eigenvalue weighted by atomic mass is 32.2. The number of nitrogens with two attached hydrogens (primary N) is 1. The van der Waals surface area contributed by atoms with Crippen molar-refractivity contribution in [1.29, 1.82) is 0 Å². The fraction of sp³-hybridized carbons (Fsp3) is 0.571. The molecule has 112 valence electrons. The number of ether oxygens (including phenoxy) is 1. The quantitative estimate of drug-likeness (QED) is 0.864. The first-order valence-corrected chi connectivity index (χ1v) is 8.48. The molecule has 1 aliphatic rings. The van der Waals surface area contributed by atoms with E-state index in [1.165, 1.54) is 0 Å². The lowest BCUT2D eigenvalue weighted by Crippen LogP contribution is -2.52. The van der Waals surface area contributed by atoms with E-state index in [9.17, 15) is 8.42 Å². The SMILES string of the molecule is COc1cccc(CN(C)C2(CN)CCS(=O)(=O)C2)c1. The Kier molecular flexibility index (Phi) is 4.36. The standard InChI is InChI=1S/C14H22N2O3S/c1-16(9-12-4-3-5-13(8-12)19-2)14(10-15)6-7-20(17,18)11-14/h3-5,8H,6-7,9-11,15H2,1-2H3. The lowest BCUT2D eigenvalue weighted by molar-refractivity contribution is 0.143. The molecule has 0 aromatic heterocycles. The topological polar surface area (TPSA) is 72.6 Å². The zero-order chi connectivity index (χ0) is 14.8. The van der Waals surface area contributed by atoms with Gasteiger partial charge in [0.15, 0.2) is 9.84 Å². The minimum atomic E-state index is -2.96. The molecule has 1 atom stereocenters. The highest BCUT2D eigenvalue weighted by molar-refractivity contribution is 7.91. The molecule has 1 aliphatic heterocycles. The van der Waals surface area contributed by atoms with Gasteiger partial charge in [0.2, 0.25) is 0 Å². The average molecular weight is 298 g/mol. The largest absolute Gasteiger partial charge is 0.497 e. The van der Waals surface area contributed by atoms with Gasteiger partial charge in [-0.2, -0.15) is 0 Å². The third-order valence-electron chi connectivity index (χ3n) is 4.11. The molecule has 1 aromatic rings. The van der Waals surface area contributed by atoms with Crippen molar-refractivity contribution >= 4 is 9.84 Å². The summed E-state index contributed by atoms with van der Waals surface area (Å²) in [5.41, 5.74) is 6.51. The van der Waals surface area contributed by atoms with Crippen LogP contribution in [0, 0.1) is 0 Å². The van der Waals surface area contributed by atoms with Gasteiger partial charge in [-0.1, -0.05) is 12.1 Å². The fourth-order valence-electron chi connectivity index (χ4n) is 2.73. The maximum atomic E-state index is 11.8. The molecule has 0 amide bonds. The third-order valence-corrected chi connectivity index (χ3v) is 5.91. The molecular weight excluding hydrogens is 276 g/mol. The Morgan fingerprint density at radius 1 is 1.45 bits per heavy atom. The summed E-state index contributed by atoms with van der Waals surface area (Å²) in [7, 11) is 0.608. The molecule has 6 heteroatoms. The highest BCUT2D eigenvalue weighted by Gasteiger charge is 2.44. The van der Waals surface area contributed by atoms with E-state index >= 15 is 0 Å². The van der Waals surface area contributed by atoms with Crippen molar-refractivity contribution in [2.45, 2.75) is 18.5 Å². The first-order chi connectivity index (χ1) is 9.41. The van der Waals surface area contributed by atoms with E-state index in [1.807, 2.05) is 31.3 Å². The van der Waals surface area contributed by atoms with Crippen molar-refractivity contribution in [3.63, 3.8) is 0 Å². The van der Waals surface area contributed by atoms with Crippen LogP contribution in [0.25, 0.3) is 0 Å². The van der Waals surface area contributed by atoms with E-state index in [0.29, 0.717) is 19.5 Å². The summed E-state index contributed by atoms with van der Waals surface area (Å²) < 4.78 is 28.7. The Bertz CT molecular complexity index is 574. The second-order valence-electron chi connectivity index (χ2n) is 5.48. The van der Waals surface area contributed by atoms with Crippen LogP contribution >= 0.6 is 0 Å². The normalized spacial score (nSPS) is 25.0. The van der Waals surface area contributed by atoms with Gasteiger partial charge in [0.25, 0.3) is 0 Å². The van der Waals surface area contributed by atoms with Crippen molar-refractivity contribution in [2.75, 3.05) is 32.2 Å². The van der Waals surface area contributed by atoms with E-state index in [1.54, 1.807) is 7.11 Å². The van der Waals surface area contributed by atoms with E-state index in [-0.39, 0.29) is 11.5 Å². The predicted octanol–water partition coefficient (Wildman–Crippen LogP) is 0.643. The van der Waals surface area contributed by atoms with E-state index in [4.69, 9.17) is 10.5 Å². The number of rotatable bonds is 5. The van der Waals surface area contributed by atoms with Crippen molar-refractivity contribution in [1.82, 2.24) is 4.90 Å². The maximum absolute atomic E-state index is 11.8. The molecule has 0 spiro atoms. The summed E-state index contributed by atoms with van der Waals surface area (Å²) in [6, 6.07) is 7.79. The molecule has 1 saturated heterocycles. The summed E-state index contributed by atoms with van der Waals surface area (Å²) >= 11 is 0. The first-order valence-electron chi connectivity index (χ1n) is 6.65. The molecule has 0 aliphatic carbocycles. The van der Waals surface area contributed by atoms with Crippen LogP contribution < -0.4 is 10.5 Å². The smallest absolute Gasteiger partial charge is 0.152 e. The molecule has 0 saturated carbocycles. The van der Waals surface area contributed by atoms with Gasteiger partial charge in [-0.15, -0.1) is 0 Å². The number of nitrogens with zero attached hydrogens (tertiary/aromatic N) is 1. The number of methoxy groups -OCH3 is 1. The number of hydrogen-bond acceptors (Lipinski definition) is 5. The maximum Gasteiger partial charge on any atom is 0.152 e. The molecule has 1 fully saturated rings. The molecule has 1 aromatic carbocycles. The van der Waals surface area contributed by atoms with Crippen LogP contribution in [0.1, 0.15) is 12.0 Å². The van der Waals surface area contributed by atoms with Crippen LogP contribution in [0.5, 0.6) is 5.75 Å². The number of likely N-dealkylation sites (N-methyl/N-ethyl adjacent to an activating group) is 1. The van der Waals surface area contributed by atoms with Gasteiger partial charge >= 0.3 is 0 Å². The van der Waals surface area contributed by atoms with Crippen molar-refractivity contribution in [3.8, 4) is 5.75 Å². The second-order valence-corrected chi connectivity index (χ2v) is 7.66. The van der Waals surface area contributed by atoms with E-state index in [2.05, 4.69) is 4.90 Å². The number of hydrogen-bond donors (Lipinski definition) is 1. The van der Waals surface area contributed by atoms with Crippen LogP contribution in [-0.2, 0) is 16.4 Å². The molecular formula is C14H22N2O3S. The summed E-state index contributed by atoms with van der Waals surface area (Å²) in [4.78, 5) is 2.06. The molecule has 1 unspecified atom stereocenters. The Hall–Kier alpha value is -1.11. The Morgan fingerprint density at radius 2 is 2.20 bits per heavy atom. The van der Waals surface area contributed by atoms with Crippen LogP contribution in [0.15, 0.2) is 24.3 Å². The van der Waals surface area contributed by atoms with Gasteiger partial charge in [0.1, 0.15) is 5.75 Å². The zero-order valence-corrected chi connectivity index (χ0v) is 12.8. The molecule has 0 bridgehead atoms. The van der Waals surface area contributed by atoms with E-state index < -0.39 is 15.4 Å². The van der Waals surface area contributed by atoms with Gasteiger partial charge < -0.3 is 10.5 Å². The fourth-order valence-corrected chi connectivity index (χ4v) is 4.87. The summed E-state index contributed by atoms with van der Waals surface area (Å²) in [6.07, 6.45) is 0.603. The van der Waals surface area contributed by atoms with E-state index in [0.717, 1.165) is 11.3 Å². The van der Waals surface area contributed by atoms with Crippen molar-refractivity contribution in [2.24, 2.45) is 5.73 Å². The van der Waals surface area contributed by atoms with Crippen LogP contribution in [0.2, 0.25) is 0 Å². The van der Waals surface area contributed by atoms with Gasteiger partial charge in [-0.3, -0.25) is 4.90 Å². The van der Waals surface area contributed by atoms with Crippen LogP contribution in [0.3, 0.4) is 0 Å². The molecule has 20 heavy (non-hydrogen) atoms. The molecule has 1 heterocycles. The third kappa shape index (κ3) is 3.13. The highest BCUT2D eigenvalue weighted by Crippen LogP contribution is 2.29. The minimum Gasteiger partial charge on any atom is -0.497 e. The molecule has 5 nitrogen and oxygen atoms in total. The van der Waals surface area contributed by atoms with Crippen LogP contribution in [0.4, 0.5) is 0 Å². The van der Waals surface area contributed by atoms with Crippen molar-refractivity contribution < 1.29 is 13.2 Å². The Labute approximate surface area is 120 Å². The molecule has 2 rings (SSSR count). The predicted molar refractivity (Wildman–Crippen MR) is 79.5 cm³/mol. The minimum absolute atomic E-state index is 0.150.